The van der Waals surface area contributed by atoms with Crippen molar-refractivity contribution in [2.45, 2.75) is 19.1 Å². The predicted octanol–water partition coefficient (Wildman–Crippen LogP) is 3.14. The highest BCUT2D eigenvalue weighted by Crippen LogP contribution is 2.31. The lowest BCUT2D eigenvalue weighted by atomic mass is 10.0. The van der Waals surface area contributed by atoms with Gasteiger partial charge in [-0.15, -0.1) is 0 Å². The first-order valence-corrected chi connectivity index (χ1v) is 7.14. The topological polar surface area (TPSA) is 81.7 Å². The molecule has 9 heteroatoms. The first kappa shape index (κ1) is 16.0. The predicted molar refractivity (Wildman–Crippen MR) is 84.2 cm³/mol. The number of hydrogen-bond acceptors (Lipinski definition) is 5. The summed E-state index contributed by atoms with van der Waals surface area (Å²) in [6.07, 6.45) is -2.82. The van der Waals surface area contributed by atoms with Gasteiger partial charge in [-0.2, -0.15) is 23.1 Å². The van der Waals surface area contributed by atoms with Crippen LogP contribution in [0.2, 0.25) is 0 Å². The van der Waals surface area contributed by atoms with E-state index >= 15 is 0 Å². The van der Waals surface area contributed by atoms with Gasteiger partial charge in [0.2, 0.25) is 5.95 Å². The third kappa shape index (κ3) is 2.97. The SMILES string of the molecule is C[C@@H](Nc1nc(N)nc2c1ncn2C)c1cccc(C(F)(F)F)c1. The molecule has 1 atom stereocenters. The molecule has 0 aliphatic carbocycles. The normalized spacial score (nSPS) is 13.2. The monoisotopic (exact) mass is 336 g/mol. The number of nitrogens with one attached hydrogen (secondary N) is 1. The molecule has 2 heterocycles. The Balaban J connectivity index is 1.94. The van der Waals surface area contributed by atoms with E-state index in [1.54, 1.807) is 30.9 Å². The molecule has 3 rings (SSSR count). The fourth-order valence-electron chi connectivity index (χ4n) is 2.40. The molecular weight excluding hydrogens is 321 g/mol. The molecule has 0 spiro atoms. The number of anilines is 2. The fourth-order valence-corrected chi connectivity index (χ4v) is 2.40. The zero-order chi connectivity index (χ0) is 17.5. The molecule has 0 aliphatic rings. The zero-order valence-corrected chi connectivity index (χ0v) is 13.0. The smallest absolute Gasteiger partial charge is 0.368 e. The Bertz CT molecular complexity index is 887. The molecule has 1 aromatic carbocycles. The van der Waals surface area contributed by atoms with E-state index in [0.717, 1.165) is 12.1 Å². The van der Waals surface area contributed by atoms with Crippen LogP contribution in [-0.4, -0.2) is 19.5 Å². The Kier molecular flexibility index (Phi) is 3.78. The van der Waals surface area contributed by atoms with Crippen LogP contribution >= 0.6 is 0 Å². The number of fused-ring (bicyclic) bond motifs is 1. The quantitative estimate of drug-likeness (QED) is 0.768. The van der Waals surface area contributed by atoms with Crippen LogP contribution in [-0.2, 0) is 13.2 Å². The van der Waals surface area contributed by atoms with Crippen molar-refractivity contribution in [1.29, 1.82) is 0 Å². The second-order valence-electron chi connectivity index (χ2n) is 5.45. The summed E-state index contributed by atoms with van der Waals surface area (Å²) < 4.78 is 40.2. The highest BCUT2D eigenvalue weighted by atomic mass is 19.4. The summed E-state index contributed by atoms with van der Waals surface area (Å²) in [6, 6.07) is 4.72. The van der Waals surface area contributed by atoms with Gasteiger partial charge in [-0.25, -0.2) is 4.98 Å². The Morgan fingerprint density at radius 3 is 2.71 bits per heavy atom. The summed E-state index contributed by atoms with van der Waals surface area (Å²) in [5.74, 6) is 0.438. The summed E-state index contributed by atoms with van der Waals surface area (Å²) in [4.78, 5) is 12.4. The third-order valence-corrected chi connectivity index (χ3v) is 3.64. The average molecular weight is 336 g/mol. The van der Waals surface area contributed by atoms with Gasteiger partial charge in [0.05, 0.1) is 17.9 Å². The van der Waals surface area contributed by atoms with Crippen molar-refractivity contribution >= 4 is 22.9 Å². The molecule has 2 aromatic heterocycles. The Labute approximate surface area is 135 Å². The number of nitrogens with zero attached hydrogens (tertiary/aromatic N) is 4. The minimum atomic E-state index is -4.39. The number of aromatic nitrogens is 4. The molecular formula is C15H15F3N6. The Morgan fingerprint density at radius 1 is 1.25 bits per heavy atom. The molecule has 126 valence electrons. The van der Waals surface area contributed by atoms with Crippen molar-refractivity contribution in [2.75, 3.05) is 11.1 Å². The molecule has 0 saturated carbocycles. The van der Waals surface area contributed by atoms with Crippen LogP contribution < -0.4 is 11.1 Å². The van der Waals surface area contributed by atoms with Crippen LogP contribution in [0.15, 0.2) is 30.6 Å². The first-order chi connectivity index (χ1) is 11.3. The van der Waals surface area contributed by atoms with Gasteiger partial charge >= 0.3 is 6.18 Å². The van der Waals surface area contributed by atoms with Gasteiger partial charge in [0, 0.05) is 7.05 Å². The summed E-state index contributed by atoms with van der Waals surface area (Å²) in [5.41, 5.74) is 6.53. The lowest BCUT2D eigenvalue weighted by molar-refractivity contribution is -0.137. The number of alkyl halides is 3. The van der Waals surface area contributed by atoms with Crippen molar-refractivity contribution in [3.8, 4) is 0 Å². The van der Waals surface area contributed by atoms with Crippen LogP contribution in [0.25, 0.3) is 11.2 Å². The zero-order valence-electron chi connectivity index (χ0n) is 13.0. The Hall–Kier alpha value is -2.84. The van der Waals surface area contributed by atoms with Crippen molar-refractivity contribution in [3.63, 3.8) is 0 Å². The second kappa shape index (κ2) is 5.66. The maximum Gasteiger partial charge on any atom is 0.416 e. The number of benzene rings is 1. The third-order valence-electron chi connectivity index (χ3n) is 3.64. The van der Waals surface area contributed by atoms with Gasteiger partial charge in [-0.05, 0) is 24.6 Å². The van der Waals surface area contributed by atoms with Crippen LogP contribution in [0.5, 0.6) is 0 Å². The molecule has 0 bridgehead atoms. The second-order valence-corrected chi connectivity index (χ2v) is 5.45. The van der Waals surface area contributed by atoms with E-state index in [1.165, 1.54) is 6.07 Å². The molecule has 0 radical (unpaired) electrons. The van der Waals surface area contributed by atoms with Crippen molar-refractivity contribution in [3.05, 3.63) is 41.7 Å². The maximum atomic E-state index is 12.9. The number of nitrogen functional groups attached to an aromatic ring is 1. The minimum Gasteiger partial charge on any atom is -0.368 e. The van der Waals surface area contributed by atoms with E-state index in [-0.39, 0.29) is 5.95 Å². The molecule has 3 aromatic rings. The minimum absolute atomic E-state index is 0.0600. The fraction of sp³-hybridized carbons (Fsp3) is 0.267. The number of hydrogen-bond donors (Lipinski definition) is 2. The number of imidazole rings is 1. The molecule has 24 heavy (non-hydrogen) atoms. The first-order valence-electron chi connectivity index (χ1n) is 7.14. The number of halogens is 3. The van der Waals surface area contributed by atoms with Crippen LogP contribution in [0.1, 0.15) is 24.1 Å². The van der Waals surface area contributed by atoms with Gasteiger partial charge in [0.1, 0.15) is 0 Å². The molecule has 0 aliphatic heterocycles. The molecule has 0 saturated heterocycles. The van der Waals surface area contributed by atoms with Gasteiger partial charge < -0.3 is 15.6 Å². The van der Waals surface area contributed by atoms with Crippen molar-refractivity contribution in [1.82, 2.24) is 19.5 Å². The summed E-state index contributed by atoms with van der Waals surface area (Å²) >= 11 is 0. The van der Waals surface area contributed by atoms with Crippen LogP contribution in [0.4, 0.5) is 24.9 Å². The van der Waals surface area contributed by atoms with E-state index in [2.05, 4.69) is 20.3 Å². The Morgan fingerprint density at radius 2 is 2.00 bits per heavy atom. The van der Waals surface area contributed by atoms with Gasteiger partial charge in [0.15, 0.2) is 17.0 Å². The maximum absolute atomic E-state index is 12.9. The van der Waals surface area contributed by atoms with E-state index in [4.69, 9.17) is 5.73 Å². The standard InChI is InChI=1S/C15H15F3N6/c1-8(9-4-3-5-10(6-9)15(16,17)18)21-12-11-13(23-14(19)22-12)24(2)7-20-11/h3-8H,1-2H3,(H3,19,21,22,23)/t8-/m1/s1. The summed E-state index contributed by atoms with van der Waals surface area (Å²) in [7, 11) is 1.77. The summed E-state index contributed by atoms with van der Waals surface area (Å²) in [5, 5.41) is 3.06. The molecule has 3 N–H and O–H groups in total. The van der Waals surface area contributed by atoms with Crippen molar-refractivity contribution in [2.24, 2.45) is 7.05 Å². The summed E-state index contributed by atoms with van der Waals surface area (Å²) in [6.45, 7) is 1.74. The van der Waals surface area contributed by atoms with Gasteiger partial charge in [-0.1, -0.05) is 12.1 Å². The van der Waals surface area contributed by atoms with E-state index < -0.39 is 17.8 Å². The molecule has 0 amide bonds. The van der Waals surface area contributed by atoms with Crippen LogP contribution in [0.3, 0.4) is 0 Å². The van der Waals surface area contributed by atoms with E-state index in [1.807, 2.05) is 0 Å². The number of rotatable bonds is 3. The molecule has 0 fully saturated rings. The van der Waals surface area contributed by atoms with Gasteiger partial charge in [0.25, 0.3) is 0 Å². The number of nitrogens with two attached hydrogens (primary N) is 1. The molecule has 6 nitrogen and oxygen atoms in total. The number of aryl methyl sites for hydroxylation is 1. The lowest BCUT2D eigenvalue weighted by Crippen LogP contribution is -2.12. The van der Waals surface area contributed by atoms with E-state index in [9.17, 15) is 13.2 Å². The van der Waals surface area contributed by atoms with Crippen LogP contribution in [0, 0.1) is 0 Å². The largest absolute Gasteiger partial charge is 0.416 e. The average Bonchev–Trinajstić information content (AvgIpc) is 2.88. The highest BCUT2D eigenvalue weighted by molar-refractivity contribution is 5.84. The highest BCUT2D eigenvalue weighted by Gasteiger charge is 2.30. The lowest BCUT2D eigenvalue weighted by Gasteiger charge is -2.17. The van der Waals surface area contributed by atoms with E-state index in [0.29, 0.717) is 22.5 Å². The van der Waals surface area contributed by atoms with Gasteiger partial charge in [-0.3, -0.25) is 0 Å². The molecule has 0 unspecified atom stereocenters. The van der Waals surface area contributed by atoms with Crippen molar-refractivity contribution < 1.29 is 13.2 Å².